The first-order valence-electron chi connectivity index (χ1n) is 8.27. The molecule has 2 aromatic heterocycles. The van der Waals surface area contributed by atoms with E-state index in [4.69, 9.17) is 9.72 Å². The van der Waals surface area contributed by atoms with Gasteiger partial charge in [0.25, 0.3) is 0 Å². The van der Waals surface area contributed by atoms with E-state index in [2.05, 4.69) is 35.9 Å². The lowest BCUT2D eigenvalue weighted by Gasteiger charge is -2.31. The fourth-order valence-corrected chi connectivity index (χ4v) is 4.52. The van der Waals surface area contributed by atoms with Gasteiger partial charge in [-0.25, -0.2) is 9.97 Å². The summed E-state index contributed by atoms with van der Waals surface area (Å²) in [6.45, 7) is 7.30. The molecule has 0 saturated heterocycles. The van der Waals surface area contributed by atoms with Crippen molar-refractivity contribution < 1.29 is 4.74 Å². The van der Waals surface area contributed by atoms with Gasteiger partial charge in [-0.05, 0) is 62.9 Å². The summed E-state index contributed by atoms with van der Waals surface area (Å²) in [4.78, 5) is 14.3. The van der Waals surface area contributed by atoms with Gasteiger partial charge in [0.05, 0.1) is 12.5 Å². The van der Waals surface area contributed by atoms with Gasteiger partial charge in [-0.2, -0.15) is 0 Å². The van der Waals surface area contributed by atoms with Crippen LogP contribution in [-0.4, -0.2) is 23.6 Å². The van der Waals surface area contributed by atoms with Gasteiger partial charge in [0.1, 0.15) is 22.2 Å². The van der Waals surface area contributed by atoms with Crippen LogP contribution in [0, 0.1) is 20.8 Å². The second kappa shape index (κ2) is 5.74. The highest BCUT2D eigenvalue weighted by atomic mass is 32.1. The van der Waals surface area contributed by atoms with Crippen LogP contribution < -0.4 is 9.64 Å². The van der Waals surface area contributed by atoms with E-state index in [9.17, 15) is 0 Å². The second-order valence-electron chi connectivity index (χ2n) is 6.31. The number of fused-ring (bicyclic) bond motifs is 2. The minimum atomic E-state index is 0.833. The number of anilines is 2. The molecular formula is C19H21N3OS. The molecule has 0 fully saturated rings. The minimum Gasteiger partial charge on any atom is -0.497 e. The second-order valence-corrected chi connectivity index (χ2v) is 7.51. The molecule has 0 saturated carbocycles. The van der Waals surface area contributed by atoms with E-state index in [1.54, 1.807) is 18.4 Å². The summed E-state index contributed by atoms with van der Waals surface area (Å²) in [6, 6.07) is 6.34. The molecule has 0 amide bonds. The van der Waals surface area contributed by atoms with Gasteiger partial charge in [0, 0.05) is 17.1 Å². The van der Waals surface area contributed by atoms with E-state index < -0.39 is 0 Å². The van der Waals surface area contributed by atoms with E-state index in [-0.39, 0.29) is 0 Å². The molecule has 3 heterocycles. The molecule has 0 N–H and O–H groups in total. The third-order valence-electron chi connectivity index (χ3n) is 4.78. The Kier molecular flexibility index (Phi) is 3.68. The fraction of sp³-hybridized carbons (Fsp3) is 0.368. The topological polar surface area (TPSA) is 38.2 Å². The fourth-order valence-electron chi connectivity index (χ4n) is 3.45. The monoisotopic (exact) mass is 339 g/mol. The molecule has 4 rings (SSSR count). The van der Waals surface area contributed by atoms with E-state index in [0.29, 0.717) is 0 Å². The Morgan fingerprint density at radius 1 is 1.17 bits per heavy atom. The molecule has 0 bridgehead atoms. The Morgan fingerprint density at radius 3 is 2.79 bits per heavy atom. The molecule has 0 radical (unpaired) electrons. The van der Waals surface area contributed by atoms with Crippen LogP contribution in [0.3, 0.4) is 0 Å². The highest BCUT2D eigenvalue weighted by Crippen LogP contribution is 2.41. The van der Waals surface area contributed by atoms with Crippen molar-refractivity contribution in [2.24, 2.45) is 0 Å². The Labute approximate surface area is 146 Å². The zero-order valence-corrected chi connectivity index (χ0v) is 15.3. The zero-order chi connectivity index (χ0) is 16.8. The molecule has 5 heteroatoms. The molecule has 0 unspecified atom stereocenters. The van der Waals surface area contributed by atoms with Crippen molar-refractivity contribution in [2.75, 3.05) is 18.6 Å². The Balaban J connectivity index is 1.93. The smallest absolute Gasteiger partial charge is 0.145 e. The Hall–Kier alpha value is -2.14. The standard InChI is InChI=1S/C19H21N3OS/c1-11-12(2)24-19-17(11)18(20-13(3)21-19)22-9-5-6-14-10-15(23-4)7-8-16(14)22/h7-8,10H,5-6,9H2,1-4H3. The van der Waals surface area contributed by atoms with Crippen molar-refractivity contribution in [1.82, 2.24) is 9.97 Å². The van der Waals surface area contributed by atoms with Gasteiger partial charge in [-0.3, -0.25) is 0 Å². The molecular weight excluding hydrogens is 318 g/mol. The van der Waals surface area contributed by atoms with Crippen LogP contribution in [0.25, 0.3) is 10.2 Å². The summed E-state index contributed by atoms with van der Waals surface area (Å²) < 4.78 is 5.39. The molecule has 1 aromatic carbocycles. The normalized spacial score (nSPS) is 14.1. The summed E-state index contributed by atoms with van der Waals surface area (Å²) in [5, 5.41) is 1.20. The van der Waals surface area contributed by atoms with Crippen molar-refractivity contribution in [3.8, 4) is 5.75 Å². The molecule has 3 aromatic rings. The van der Waals surface area contributed by atoms with Gasteiger partial charge in [0.15, 0.2) is 0 Å². The number of thiophene rings is 1. The van der Waals surface area contributed by atoms with Crippen molar-refractivity contribution in [3.63, 3.8) is 0 Å². The Bertz CT molecular complexity index is 932. The first kappa shape index (κ1) is 15.4. The number of aromatic nitrogens is 2. The van der Waals surface area contributed by atoms with Crippen LogP contribution in [0.1, 0.15) is 28.2 Å². The maximum atomic E-state index is 5.39. The highest BCUT2D eigenvalue weighted by molar-refractivity contribution is 7.18. The van der Waals surface area contributed by atoms with Crippen LogP contribution in [0.5, 0.6) is 5.75 Å². The summed E-state index contributed by atoms with van der Waals surface area (Å²) >= 11 is 1.76. The Morgan fingerprint density at radius 2 is 2.00 bits per heavy atom. The number of rotatable bonds is 2. The number of hydrogen-bond donors (Lipinski definition) is 0. The lowest BCUT2D eigenvalue weighted by molar-refractivity contribution is 0.414. The predicted octanol–water partition coefficient (Wildman–Crippen LogP) is 4.71. The predicted molar refractivity (Wildman–Crippen MR) is 99.9 cm³/mol. The number of methoxy groups -OCH3 is 1. The maximum absolute atomic E-state index is 5.39. The lowest BCUT2D eigenvalue weighted by atomic mass is 10.0. The number of benzene rings is 1. The van der Waals surface area contributed by atoms with E-state index in [1.165, 1.54) is 27.1 Å². The molecule has 0 spiro atoms. The van der Waals surface area contributed by atoms with Gasteiger partial charge in [-0.1, -0.05) is 0 Å². The van der Waals surface area contributed by atoms with Crippen molar-refractivity contribution in [2.45, 2.75) is 33.6 Å². The van der Waals surface area contributed by atoms with E-state index in [0.717, 1.165) is 41.6 Å². The minimum absolute atomic E-state index is 0.833. The van der Waals surface area contributed by atoms with Crippen molar-refractivity contribution in [3.05, 3.63) is 40.0 Å². The average Bonchev–Trinajstić information content (AvgIpc) is 2.87. The van der Waals surface area contributed by atoms with Crippen LogP contribution in [0.4, 0.5) is 11.5 Å². The summed E-state index contributed by atoms with van der Waals surface area (Å²) in [6.07, 6.45) is 2.20. The molecule has 1 aliphatic heterocycles. The van der Waals surface area contributed by atoms with Gasteiger partial charge in [-0.15, -0.1) is 11.3 Å². The third-order valence-corrected chi connectivity index (χ3v) is 5.88. The number of aryl methyl sites for hydroxylation is 4. The van der Waals surface area contributed by atoms with Gasteiger partial charge < -0.3 is 9.64 Å². The highest BCUT2D eigenvalue weighted by Gasteiger charge is 2.24. The first-order chi connectivity index (χ1) is 11.6. The van der Waals surface area contributed by atoms with Crippen molar-refractivity contribution in [1.29, 1.82) is 0 Å². The largest absolute Gasteiger partial charge is 0.497 e. The van der Waals surface area contributed by atoms with E-state index >= 15 is 0 Å². The van der Waals surface area contributed by atoms with Crippen LogP contribution >= 0.6 is 11.3 Å². The lowest BCUT2D eigenvalue weighted by Crippen LogP contribution is -2.26. The van der Waals surface area contributed by atoms with Crippen LogP contribution in [0.2, 0.25) is 0 Å². The number of hydrogen-bond acceptors (Lipinski definition) is 5. The maximum Gasteiger partial charge on any atom is 0.145 e. The molecule has 0 aliphatic carbocycles. The molecule has 4 nitrogen and oxygen atoms in total. The van der Waals surface area contributed by atoms with Crippen LogP contribution in [-0.2, 0) is 6.42 Å². The molecule has 0 atom stereocenters. The molecule has 24 heavy (non-hydrogen) atoms. The quantitative estimate of drug-likeness (QED) is 0.678. The molecule has 1 aliphatic rings. The number of ether oxygens (including phenoxy) is 1. The SMILES string of the molecule is COc1ccc2c(c1)CCCN2c1nc(C)nc2sc(C)c(C)c12. The average molecular weight is 339 g/mol. The summed E-state index contributed by atoms with van der Waals surface area (Å²) in [7, 11) is 1.72. The third kappa shape index (κ3) is 2.35. The van der Waals surface area contributed by atoms with Crippen molar-refractivity contribution >= 4 is 33.1 Å². The number of nitrogens with zero attached hydrogens (tertiary/aromatic N) is 3. The van der Waals surface area contributed by atoms with Crippen LogP contribution in [0.15, 0.2) is 18.2 Å². The summed E-state index contributed by atoms with van der Waals surface area (Å²) in [5.41, 5.74) is 3.87. The first-order valence-corrected chi connectivity index (χ1v) is 9.09. The van der Waals surface area contributed by atoms with Gasteiger partial charge >= 0.3 is 0 Å². The summed E-state index contributed by atoms with van der Waals surface area (Å²) in [5.74, 6) is 2.80. The zero-order valence-electron chi connectivity index (χ0n) is 14.5. The van der Waals surface area contributed by atoms with Gasteiger partial charge in [0.2, 0.25) is 0 Å². The molecule has 124 valence electrons. The van der Waals surface area contributed by atoms with E-state index in [1.807, 2.05) is 13.0 Å².